The summed E-state index contributed by atoms with van der Waals surface area (Å²) in [6.07, 6.45) is 3.95. The van der Waals surface area contributed by atoms with Crippen LogP contribution < -0.4 is 4.90 Å². The molecule has 0 radical (unpaired) electrons. The highest BCUT2D eigenvalue weighted by molar-refractivity contribution is 5.53. The molecule has 2 heteroatoms. The van der Waals surface area contributed by atoms with Crippen LogP contribution in [0.2, 0.25) is 0 Å². The lowest BCUT2D eigenvalue weighted by atomic mass is 9.91. The Balaban J connectivity index is 2.22. The van der Waals surface area contributed by atoms with Crippen LogP contribution in [-0.2, 0) is 0 Å². The van der Waals surface area contributed by atoms with Crippen LogP contribution in [0.25, 0.3) is 0 Å². The molecular weight excluding hydrogens is 184 g/mol. The zero-order valence-electron chi connectivity index (χ0n) is 9.33. The van der Waals surface area contributed by atoms with E-state index in [-0.39, 0.29) is 0 Å². The third-order valence-corrected chi connectivity index (χ3v) is 3.36. The quantitative estimate of drug-likeness (QED) is 0.734. The van der Waals surface area contributed by atoms with Gasteiger partial charge < -0.3 is 4.90 Å². The molecule has 0 spiro atoms. The first-order valence-corrected chi connectivity index (χ1v) is 5.46. The summed E-state index contributed by atoms with van der Waals surface area (Å²) in [4.78, 5) is 2.33. The molecule has 1 saturated carbocycles. The molecule has 0 bridgehead atoms. The summed E-state index contributed by atoms with van der Waals surface area (Å²) in [6.45, 7) is 2.00. The van der Waals surface area contributed by atoms with E-state index in [1.807, 2.05) is 19.1 Å². The summed E-state index contributed by atoms with van der Waals surface area (Å²) in [5.74, 6) is 0. The Labute approximate surface area is 91.1 Å². The minimum Gasteiger partial charge on any atom is -0.372 e. The van der Waals surface area contributed by atoms with E-state index in [2.05, 4.69) is 24.1 Å². The van der Waals surface area contributed by atoms with Gasteiger partial charge in [-0.15, -0.1) is 0 Å². The molecule has 0 unspecified atom stereocenters. The van der Waals surface area contributed by atoms with Gasteiger partial charge in [-0.2, -0.15) is 5.26 Å². The monoisotopic (exact) mass is 200 g/mol. The minimum atomic E-state index is 0.706. The molecular formula is C13H16N2. The van der Waals surface area contributed by atoms with Crippen LogP contribution in [0, 0.1) is 18.3 Å². The van der Waals surface area contributed by atoms with Crippen molar-refractivity contribution in [3.05, 3.63) is 29.3 Å². The fourth-order valence-electron chi connectivity index (χ4n) is 1.98. The summed E-state index contributed by atoms with van der Waals surface area (Å²) in [7, 11) is 2.14. The molecule has 0 atom stereocenters. The molecule has 0 heterocycles. The Morgan fingerprint density at radius 3 is 2.60 bits per heavy atom. The van der Waals surface area contributed by atoms with E-state index in [4.69, 9.17) is 5.26 Å². The predicted molar refractivity (Wildman–Crippen MR) is 61.9 cm³/mol. The first-order chi connectivity index (χ1) is 7.22. The van der Waals surface area contributed by atoms with Gasteiger partial charge in [-0.25, -0.2) is 0 Å². The second kappa shape index (κ2) is 3.94. The van der Waals surface area contributed by atoms with Gasteiger partial charge in [-0.05, 0) is 49.9 Å². The maximum atomic E-state index is 8.85. The highest BCUT2D eigenvalue weighted by atomic mass is 15.1. The van der Waals surface area contributed by atoms with Gasteiger partial charge in [0.2, 0.25) is 0 Å². The van der Waals surface area contributed by atoms with Gasteiger partial charge in [0.25, 0.3) is 0 Å². The summed E-state index contributed by atoms with van der Waals surface area (Å²) < 4.78 is 0. The number of rotatable bonds is 2. The van der Waals surface area contributed by atoms with Crippen LogP contribution in [0.5, 0.6) is 0 Å². The molecule has 1 aromatic carbocycles. The van der Waals surface area contributed by atoms with Gasteiger partial charge >= 0.3 is 0 Å². The van der Waals surface area contributed by atoms with Crippen LogP contribution in [-0.4, -0.2) is 13.1 Å². The number of nitrogens with zero attached hydrogens (tertiary/aromatic N) is 2. The molecule has 1 aliphatic carbocycles. The van der Waals surface area contributed by atoms with E-state index >= 15 is 0 Å². The molecule has 78 valence electrons. The number of anilines is 1. The van der Waals surface area contributed by atoms with E-state index in [9.17, 15) is 0 Å². The molecule has 15 heavy (non-hydrogen) atoms. The van der Waals surface area contributed by atoms with Gasteiger partial charge in [0.15, 0.2) is 0 Å². The fraction of sp³-hybridized carbons (Fsp3) is 0.462. The van der Waals surface area contributed by atoms with Crippen molar-refractivity contribution in [3.63, 3.8) is 0 Å². The predicted octanol–water partition coefficient (Wildman–Crippen LogP) is 2.86. The third-order valence-electron chi connectivity index (χ3n) is 3.36. The second-order valence-corrected chi connectivity index (χ2v) is 4.31. The summed E-state index contributed by atoms with van der Waals surface area (Å²) in [5, 5.41) is 8.85. The molecule has 0 aromatic heterocycles. The Hall–Kier alpha value is -1.49. The van der Waals surface area contributed by atoms with Crippen molar-refractivity contribution in [2.24, 2.45) is 0 Å². The van der Waals surface area contributed by atoms with Gasteiger partial charge in [0.1, 0.15) is 0 Å². The van der Waals surface area contributed by atoms with E-state index < -0.39 is 0 Å². The van der Waals surface area contributed by atoms with Gasteiger partial charge in [-0.3, -0.25) is 0 Å². The average Bonchev–Trinajstić information content (AvgIpc) is 2.15. The van der Waals surface area contributed by atoms with Crippen LogP contribution >= 0.6 is 0 Å². The normalized spacial score (nSPS) is 15.5. The van der Waals surface area contributed by atoms with Crippen LogP contribution in [0.1, 0.15) is 30.4 Å². The first kappa shape index (κ1) is 10.0. The van der Waals surface area contributed by atoms with Crippen LogP contribution in [0.15, 0.2) is 18.2 Å². The van der Waals surface area contributed by atoms with Crippen LogP contribution in [0.4, 0.5) is 5.69 Å². The molecule has 0 saturated heterocycles. The number of hydrogen-bond donors (Lipinski definition) is 0. The maximum absolute atomic E-state index is 8.85. The maximum Gasteiger partial charge on any atom is 0.0994 e. The Bertz CT molecular complexity index is 399. The van der Waals surface area contributed by atoms with E-state index in [1.54, 1.807) is 0 Å². The third kappa shape index (κ3) is 1.83. The molecule has 1 aromatic rings. The number of hydrogen-bond acceptors (Lipinski definition) is 2. The zero-order valence-corrected chi connectivity index (χ0v) is 9.33. The van der Waals surface area contributed by atoms with Crippen molar-refractivity contribution < 1.29 is 0 Å². The number of aryl methyl sites for hydroxylation is 1. The minimum absolute atomic E-state index is 0.706. The van der Waals surface area contributed by atoms with Crippen molar-refractivity contribution >= 4 is 5.69 Å². The lowest BCUT2D eigenvalue weighted by molar-refractivity contribution is 0.401. The standard InChI is InChI=1S/C13H16N2/c1-10-8-13(7-6-11(10)9-14)15(2)12-4-3-5-12/h6-8,12H,3-5H2,1-2H3. The summed E-state index contributed by atoms with van der Waals surface area (Å²) in [5.41, 5.74) is 3.08. The second-order valence-electron chi connectivity index (χ2n) is 4.31. The SMILES string of the molecule is Cc1cc(N(C)C2CCC2)ccc1C#N. The molecule has 1 fully saturated rings. The lowest BCUT2D eigenvalue weighted by Gasteiger charge is -2.36. The summed E-state index contributed by atoms with van der Waals surface area (Å²) in [6, 6.07) is 8.98. The topological polar surface area (TPSA) is 27.0 Å². The van der Waals surface area contributed by atoms with Gasteiger partial charge in [0.05, 0.1) is 11.6 Å². The highest BCUT2D eigenvalue weighted by Gasteiger charge is 2.22. The van der Waals surface area contributed by atoms with E-state index in [0.717, 1.165) is 11.1 Å². The molecule has 2 rings (SSSR count). The molecule has 0 amide bonds. The van der Waals surface area contributed by atoms with Crippen molar-refractivity contribution in [1.82, 2.24) is 0 Å². The van der Waals surface area contributed by atoms with Crippen molar-refractivity contribution in [2.75, 3.05) is 11.9 Å². The molecule has 2 nitrogen and oxygen atoms in total. The van der Waals surface area contributed by atoms with Crippen molar-refractivity contribution in [1.29, 1.82) is 5.26 Å². The van der Waals surface area contributed by atoms with Crippen molar-refractivity contribution in [2.45, 2.75) is 32.2 Å². The summed E-state index contributed by atoms with van der Waals surface area (Å²) >= 11 is 0. The smallest absolute Gasteiger partial charge is 0.0994 e. The number of nitriles is 1. The number of benzene rings is 1. The van der Waals surface area contributed by atoms with Gasteiger partial charge in [-0.1, -0.05) is 0 Å². The lowest BCUT2D eigenvalue weighted by Crippen LogP contribution is -2.37. The Kier molecular flexibility index (Phi) is 2.64. The molecule has 0 aliphatic heterocycles. The molecule has 1 aliphatic rings. The van der Waals surface area contributed by atoms with Gasteiger partial charge in [0, 0.05) is 18.8 Å². The average molecular weight is 200 g/mol. The fourth-order valence-corrected chi connectivity index (χ4v) is 1.98. The zero-order chi connectivity index (χ0) is 10.8. The van der Waals surface area contributed by atoms with Crippen molar-refractivity contribution in [3.8, 4) is 6.07 Å². The largest absolute Gasteiger partial charge is 0.372 e. The molecule has 0 N–H and O–H groups in total. The van der Waals surface area contributed by atoms with Crippen LogP contribution in [0.3, 0.4) is 0 Å². The Morgan fingerprint density at radius 2 is 2.13 bits per heavy atom. The van der Waals surface area contributed by atoms with E-state index in [1.165, 1.54) is 24.9 Å². The highest BCUT2D eigenvalue weighted by Crippen LogP contribution is 2.28. The Morgan fingerprint density at radius 1 is 1.40 bits per heavy atom. The van der Waals surface area contributed by atoms with E-state index in [0.29, 0.717) is 6.04 Å². The first-order valence-electron chi connectivity index (χ1n) is 5.46.